The Balaban J connectivity index is 1.65. The number of rotatable bonds is 4. The van der Waals surface area contributed by atoms with E-state index in [0.717, 1.165) is 33.9 Å². The summed E-state index contributed by atoms with van der Waals surface area (Å²) in [5, 5.41) is 0. The molecule has 154 valence electrons. The van der Waals surface area contributed by atoms with E-state index in [0.29, 0.717) is 0 Å². The van der Waals surface area contributed by atoms with Gasteiger partial charge in [0.2, 0.25) is 0 Å². The number of hydrogen-bond acceptors (Lipinski definition) is 2. The van der Waals surface area contributed by atoms with Crippen LogP contribution in [0.25, 0.3) is 45.0 Å². The molecular weight excluding hydrogens is 388 g/mol. The minimum Gasteiger partial charge on any atom is -0.228 e. The summed E-state index contributed by atoms with van der Waals surface area (Å²) in [6.07, 6.45) is 0. The summed E-state index contributed by atoms with van der Waals surface area (Å²) in [5.74, 6) is 0.736. The van der Waals surface area contributed by atoms with E-state index in [1.165, 1.54) is 22.3 Å². The molecule has 0 fully saturated rings. The van der Waals surface area contributed by atoms with Gasteiger partial charge in [-0.25, -0.2) is 9.97 Å². The van der Waals surface area contributed by atoms with Crippen molar-refractivity contribution in [1.82, 2.24) is 9.97 Å². The molecule has 0 saturated carbocycles. The van der Waals surface area contributed by atoms with Crippen molar-refractivity contribution in [3.63, 3.8) is 0 Å². The number of benzene rings is 4. The van der Waals surface area contributed by atoms with Crippen molar-refractivity contribution in [1.29, 1.82) is 0 Å². The van der Waals surface area contributed by atoms with Crippen LogP contribution in [-0.4, -0.2) is 9.97 Å². The summed E-state index contributed by atoms with van der Waals surface area (Å²) in [7, 11) is 0. The summed E-state index contributed by atoms with van der Waals surface area (Å²) in [4.78, 5) is 9.86. The Morgan fingerprint density at radius 3 is 1.59 bits per heavy atom. The number of nitrogens with zero attached hydrogens (tertiary/aromatic N) is 2. The van der Waals surface area contributed by atoms with Gasteiger partial charge in [-0.2, -0.15) is 0 Å². The van der Waals surface area contributed by atoms with Crippen LogP contribution in [0, 0.1) is 13.8 Å². The van der Waals surface area contributed by atoms with Gasteiger partial charge in [0.05, 0.1) is 11.4 Å². The molecule has 0 aliphatic rings. The predicted octanol–water partition coefficient (Wildman–Crippen LogP) is 7.76. The van der Waals surface area contributed by atoms with Crippen LogP contribution in [0.1, 0.15) is 11.1 Å². The second-order valence-electron chi connectivity index (χ2n) is 8.14. The van der Waals surface area contributed by atoms with Crippen molar-refractivity contribution in [2.75, 3.05) is 0 Å². The number of hydrogen-bond donors (Lipinski definition) is 0. The largest absolute Gasteiger partial charge is 0.228 e. The zero-order valence-corrected chi connectivity index (χ0v) is 18.3. The molecule has 32 heavy (non-hydrogen) atoms. The van der Waals surface area contributed by atoms with Gasteiger partial charge in [0.1, 0.15) is 0 Å². The SMILES string of the molecule is Cc1ccc(-c2cccc(-c3cc(-c4ccc(C)cc4)nc(-c4ccccc4)n3)c2)cc1. The minimum absolute atomic E-state index is 0.736. The first-order chi connectivity index (χ1) is 15.7. The van der Waals surface area contributed by atoms with Crippen LogP contribution in [0.5, 0.6) is 0 Å². The third-order valence-electron chi connectivity index (χ3n) is 5.65. The molecule has 0 radical (unpaired) electrons. The maximum Gasteiger partial charge on any atom is 0.160 e. The van der Waals surface area contributed by atoms with Gasteiger partial charge < -0.3 is 0 Å². The summed E-state index contributed by atoms with van der Waals surface area (Å²) in [6.45, 7) is 4.21. The number of aryl methyl sites for hydroxylation is 2. The third kappa shape index (κ3) is 4.21. The van der Waals surface area contributed by atoms with Crippen LogP contribution < -0.4 is 0 Å². The predicted molar refractivity (Wildman–Crippen MR) is 133 cm³/mol. The zero-order valence-electron chi connectivity index (χ0n) is 18.3. The second-order valence-corrected chi connectivity index (χ2v) is 8.14. The van der Waals surface area contributed by atoms with Crippen molar-refractivity contribution in [3.8, 4) is 45.0 Å². The molecule has 1 aromatic heterocycles. The highest BCUT2D eigenvalue weighted by Crippen LogP contribution is 2.30. The molecule has 5 aromatic rings. The molecule has 0 aliphatic heterocycles. The summed E-state index contributed by atoms with van der Waals surface area (Å²) < 4.78 is 0. The molecule has 2 heteroatoms. The van der Waals surface area contributed by atoms with Gasteiger partial charge in [-0.1, -0.05) is 108 Å². The maximum absolute atomic E-state index is 4.95. The van der Waals surface area contributed by atoms with Gasteiger partial charge in [0, 0.05) is 16.7 Å². The van der Waals surface area contributed by atoms with E-state index in [2.05, 4.69) is 105 Å². The van der Waals surface area contributed by atoms with E-state index >= 15 is 0 Å². The molecule has 0 N–H and O–H groups in total. The Bertz CT molecular complexity index is 1350. The van der Waals surface area contributed by atoms with E-state index in [1.54, 1.807) is 0 Å². The molecular formula is C30H24N2. The van der Waals surface area contributed by atoms with Crippen LogP contribution in [0.4, 0.5) is 0 Å². The smallest absolute Gasteiger partial charge is 0.160 e. The molecule has 0 saturated heterocycles. The van der Waals surface area contributed by atoms with Gasteiger partial charge in [0.15, 0.2) is 5.82 Å². The van der Waals surface area contributed by atoms with Crippen molar-refractivity contribution < 1.29 is 0 Å². The lowest BCUT2D eigenvalue weighted by Gasteiger charge is -2.11. The van der Waals surface area contributed by atoms with Gasteiger partial charge in [0.25, 0.3) is 0 Å². The topological polar surface area (TPSA) is 25.8 Å². The normalized spacial score (nSPS) is 10.8. The second kappa shape index (κ2) is 8.60. The quantitative estimate of drug-likeness (QED) is 0.301. The van der Waals surface area contributed by atoms with Gasteiger partial charge >= 0.3 is 0 Å². The first-order valence-electron chi connectivity index (χ1n) is 10.8. The van der Waals surface area contributed by atoms with Crippen molar-refractivity contribution in [3.05, 3.63) is 120 Å². The van der Waals surface area contributed by atoms with Gasteiger partial charge in [-0.3, -0.25) is 0 Å². The molecule has 1 heterocycles. The van der Waals surface area contributed by atoms with Crippen molar-refractivity contribution in [2.24, 2.45) is 0 Å². The Kier molecular flexibility index (Phi) is 5.35. The lowest BCUT2D eigenvalue weighted by atomic mass is 10.00. The van der Waals surface area contributed by atoms with Crippen LogP contribution >= 0.6 is 0 Å². The molecule has 0 aliphatic carbocycles. The summed E-state index contributed by atoms with van der Waals surface area (Å²) in [6, 6.07) is 38.0. The van der Waals surface area contributed by atoms with Gasteiger partial charge in [-0.15, -0.1) is 0 Å². The fourth-order valence-corrected chi connectivity index (χ4v) is 3.79. The van der Waals surface area contributed by atoms with Crippen LogP contribution in [0.2, 0.25) is 0 Å². The fraction of sp³-hybridized carbons (Fsp3) is 0.0667. The lowest BCUT2D eigenvalue weighted by molar-refractivity contribution is 1.18. The van der Waals surface area contributed by atoms with E-state index < -0.39 is 0 Å². The van der Waals surface area contributed by atoms with E-state index in [1.807, 2.05) is 18.2 Å². The monoisotopic (exact) mass is 412 g/mol. The Hall–Kier alpha value is -4.04. The Morgan fingerprint density at radius 1 is 0.406 bits per heavy atom. The van der Waals surface area contributed by atoms with E-state index in [4.69, 9.17) is 9.97 Å². The van der Waals surface area contributed by atoms with Crippen molar-refractivity contribution in [2.45, 2.75) is 13.8 Å². The molecule has 0 spiro atoms. The molecule has 0 amide bonds. The summed E-state index contributed by atoms with van der Waals surface area (Å²) >= 11 is 0. The molecule has 0 unspecified atom stereocenters. The number of aromatic nitrogens is 2. The third-order valence-corrected chi connectivity index (χ3v) is 5.65. The average Bonchev–Trinajstić information content (AvgIpc) is 2.85. The summed E-state index contributed by atoms with van der Waals surface area (Å²) in [5.41, 5.74) is 9.90. The average molecular weight is 413 g/mol. The molecule has 2 nitrogen and oxygen atoms in total. The molecule has 4 aromatic carbocycles. The molecule has 5 rings (SSSR count). The molecule has 0 atom stereocenters. The first-order valence-corrected chi connectivity index (χ1v) is 10.8. The van der Waals surface area contributed by atoms with Crippen LogP contribution in [0.3, 0.4) is 0 Å². The highest BCUT2D eigenvalue weighted by molar-refractivity contribution is 5.75. The molecule has 0 bridgehead atoms. The van der Waals surface area contributed by atoms with E-state index in [-0.39, 0.29) is 0 Å². The highest BCUT2D eigenvalue weighted by atomic mass is 14.9. The Morgan fingerprint density at radius 2 is 0.938 bits per heavy atom. The fourth-order valence-electron chi connectivity index (χ4n) is 3.79. The zero-order chi connectivity index (χ0) is 21.9. The van der Waals surface area contributed by atoms with Crippen LogP contribution in [-0.2, 0) is 0 Å². The first kappa shape index (κ1) is 19.9. The minimum atomic E-state index is 0.736. The maximum atomic E-state index is 4.95. The Labute approximate surface area is 189 Å². The van der Waals surface area contributed by atoms with Gasteiger partial charge in [-0.05, 0) is 37.1 Å². The van der Waals surface area contributed by atoms with E-state index in [9.17, 15) is 0 Å². The highest BCUT2D eigenvalue weighted by Gasteiger charge is 2.11. The lowest BCUT2D eigenvalue weighted by Crippen LogP contribution is -1.96. The van der Waals surface area contributed by atoms with Crippen molar-refractivity contribution >= 4 is 0 Å². The standard InChI is InChI=1S/C30H24N2/c1-21-11-15-23(16-12-21)26-9-6-10-27(19-26)29-20-28(24-17-13-22(2)14-18-24)31-30(32-29)25-7-4-3-5-8-25/h3-20H,1-2H3. The van der Waals surface area contributed by atoms with Crippen LogP contribution in [0.15, 0.2) is 109 Å².